The smallest absolute Gasteiger partial charge is 0.181 e. The van der Waals surface area contributed by atoms with Gasteiger partial charge in [0.1, 0.15) is 0 Å². The number of imidazole rings is 1. The van der Waals surface area contributed by atoms with Crippen LogP contribution in [-0.4, -0.2) is 16.1 Å². The lowest BCUT2D eigenvalue weighted by Gasteiger charge is -2.03. The van der Waals surface area contributed by atoms with Gasteiger partial charge in [-0.25, -0.2) is 0 Å². The summed E-state index contributed by atoms with van der Waals surface area (Å²) in [6.45, 7) is 0.683. The number of nitrogens with two attached hydrogens (primary N) is 1. The van der Waals surface area contributed by atoms with Crippen LogP contribution in [0.3, 0.4) is 0 Å². The van der Waals surface area contributed by atoms with Gasteiger partial charge in [0, 0.05) is 18.1 Å². The van der Waals surface area contributed by atoms with E-state index in [1.165, 1.54) is 5.56 Å². The van der Waals surface area contributed by atoms with Crippen molar-refractivity contribution in [2.75, 3.05) is 6.54 Å². The van der Waals surface area contributed by atoms with Crippen molar-refractivity contribution in [1.29, 1.82) is 0 Å². The van der Waals surface area contributed by atoms with Crippen LogP contribution in [0.1, 0.15) is 5.56 Å². The molecule has 2 rings (SSSR count). The maximum absolute atomic E-state index is 5.49. The molecule has 0 spiro atoms. The molecule has 0 aliphatic rings. The average Bonchev–Trinajstić information content (AvgIpc) is 2.66. The maximum Gasteiger partial charge on any atom is 0.181 e. The van der Waals surface area contributed by atoms with Gasteiger partial charge in [-0.05, 0) is 42.9 Å². The number of rotatable bonds is 3. The topological polar surface area (TPSA) is 46.7 Å². The summed E-state index contributed by atoms with van der Waals surface area (Å²) in [5, 5.41) is 0. The highest BCUT2D eigenvalue weighted by Gasteiger charge is 1.97. The second kappa shape index (κ2) is 4.42. The molecule has 0 fully saturated rings. The van der Waals surface area contributed by atoms with E-state index in [2.05, 4.69) is 29.2 Å². The van der Waals surface area contributed by atoms with Gasteiger partial charge in [-0.3, -0.25) is 4.57 Å². The summed E-state index contributed by atoms with van der Waals surface area (Å²) in [5.74, 6) is 0. The van der Waals surface area contributed by atoms with Crippen molar-refractivity contribution in [1.82, 2.24) is 9.55 Å². The van der Waals surface area contributed by atoms with Crippen LogP contribution in [0.4, 0.5) is 0 Å². The van der Waals surface area contributed by atoms with Crippen LogP contribution in [0.25, 0.3) is 5.69 Å². The van der Waals surface area contributed by atoms with Gasteiger partial charge in [-0.15, -0.1) is 0 Å². The highest BCUT2D eigenvalue weighted by atomic mass is 32.1. The van der Waals surface area contributed by atoms with Crippen LogP contribution >= 0.6 is 12.2 Å². The highest BCUT2D eigenvalue weighted by molar-refractivity contribution is 7.71. The molecule has 0 bridgehead atoms. The molecule has 0 amide bonds. The van der Waals surface area contributed by atoms with E-state index >= 15 is 0 Å². The number of hydrogen-bond donors (Lipinski definition) is 2. The lowest BCUT2D eigenvalue weighted by atomic mass is 10.1. The molecular formula is C11H13N3S. The molecule has 15 heavy (non-hydrogen) atoms. The molecule has 2 aromatic rings. The molecular weight excluding hydrogens is 206 g/mol. The van der Waals surface area contributed by atoms with Crippen LogP contribution in [0.5, 0.6) is 0 Å². The maximum atomic E-state index is 5.49. The summed E-state index contributed by atoms with van der Waals surface area (Å²) in [7, 11) is 0. The summed E-state index contributed by atoms with van der Waals surface area (Å²) in [6, 6.07) is 8.26. The fourth-order valence-electron chi connectivity index (χ4n) is 1.51. The lowest BCUT2D eigenvalue weighted by Crippen LogP contribution is -2.02. The summed E-state index contributed by atoms with van der Waals surface area (Å²) in [4.78, 5) is 2.96. The Morgan fingerprint density at radius 3 is 2.53 bits per heavy atom. The third-order valence-corrected chi connectivity index (χ3v) is 2.61. The average molecular weight is 219 g/mol. The van der Waals surface area contributed by atoms with Crippen molar-refractivity contribution in [3.8, 4) is 5.69 Å². The minimum absolute atomic E-state index is 0.683. The zero-order chi connectivity index (χ0) is 10.7. The molecule has 0 atom stereocenters. The van der Waals surface area contributed by atoms with Gasteiger partial charge in [0.2, 0.25) is 0 Å². The first-order valence-electron chi connectivity index (χ1n) is 4.86. The van der Waals surface area contributed by atoms with Gasteiger partial charge in [-0.2, -0.15) is 0 Å². The van der Waals surface area contributed by atoms with Crippen molar-refractivity contribution in [3.05, 3.63) is 47.0 Å². The van der Waals surface area contributed by atoms with Gasteiger partial charge >= 0.3 is 0 Å². The molecule has 0 aliphatic heterocycles. The van der Waals surface area contributed by atoms with E-state index in [4.69, 9.17) is 18.0 Å². The van der Waals surface area contributed by atoms with Crippen molar-refractivity contribution in [2.45, 2.75) is 6.42 Å². The van der Waals surface area contributed by atoms with Gasteiger partial charge < -0.3 is 10.7 Å². The fraction of sp³-hybridized carbons (Fsp3) is 0.182. The van der Waals surface area contributed by atoms with Gasteiger partial charge in [-0.1, -0.05) is 12.1 Å². The molecule has 1 aromatic carbocycles. The third-order valence-electron chi connectivity index (χ3n) is 2.30. The molecule has 3 N–H and O–H groups in total. The zero-order valence-electron chi connectivity index (χ0n) is 8.31. The lowest BCUT2D eigenvalue weighted by molar-refractivity contribution is 0.963. The van der Waals surface area contributed by atoms with Gasteiger partial charge in [0.25, 0.3) is 0 Å². The Bertz CT molecular complexity index is 481. The van der Waals surface area contributed by atoms with Crippen LogP contribution < -0.4 is 5.73 Å². The predicted molar refractivity (Wildman–Crippen MR) is 63.7 cm³/mol. The Labute approximate surface area is 93.6 Å². The van der Waals surface area contributed by atoms with E-state index < -0.39 is 0 Å². The van der Waals surface area contributed by atoms with Gasteiger partial charge in [0.05, 0.1) is 0 Å². The highest BCUT2D eigenvalue weighted by Crippen LogP contribution is 2.10. The summed E-state index contributed by atoms with van der Waals surface area (Å²) < 4.78 is 2.64. The number of H-pyrrole nitrogens is 1. The third kappa shape index (κ3) is 2.16. The van der Waals surface area contributed by atoms with Crippen LogP contribution in [0, 0.1) is 4.77 Å². The SMILES string of the molecule is NCCc1ccc(-n2cc[nH]c2=S)cc1. The fourth-order valence-corrected chi connectivity index (χ4v) is 1.75. The standard InChI is InChI=1S/C11H13N3S/c12-6-5-9-1-3-10(4-2-9)14-8-7-13-11(14)15/h1-4,7-8H,5-6,12H2,(H,13,15). The zero-order valence-corrected chi connectivity index (χ0v) is 9.13. The van der Waals surface area contributed by atoms with Crippen molar-refractivity contribution in [2.24, 2.45) is 5.73 Å². The molecule has 78 valence electrons. The Balaban J connectivity index is 2.32. The number of nitrogens with zero attached hydrogens (tertiary/aromatic N) is 1. The number of hydrogen-bond acceptors (Lipinski definition) is 2. The second-order valence-electron chi connectivity index (χ2n) is 3.34. The molecule has 1 aromatic heterocycles. The van der Waals surface area contributed by atoms with Crippen molar-refractivity contribution in [3.63, 3.8) is 0 Å². The van der Waals surface area contributed by atoms with E-state index in [1.54, 1.807) is 0 Å². The first-order valence-corrected chi connectivity index (χ1v) is 5.27. The Morgan fingerprint density at radius 2 is 2.00 bits per heavy atom. The molecule has 1 heterocycles. The Morgan fingerprint density at radius 1 is 1.27 bits per heavy atom. The van der Waals surface area contributed by atoms with E-state index in [9.17, 15) is 0 Å². The summed E-state index contributed by atoms with van der Waals surface area (Å²) >= 11 is 5.14. The van der Waals surface area contributed by atoms with Crippen molar-refractivity contribution < 1.29 is 0 Å². The number of aromatic amines is 1. The predicted octanol–water partition coefficient (Wildman–Crippen LogP) is 2.04. The monoisotopic (exact) mass is 219 g/mol. The van der Waals surface area contributed by atoms with E-state index in [1.807, 2.05) is 17.0 Å². The van der Waals surface area contributed by atoms with Crippen molar-refractivity contribution >= 4 is 12.2 Å². The number of benzene rings is 1. The Kier molecular flexibility index (Phi) is 2.99. The number of aromatic nitrogens is 2. The largest absolute Gasteiger partial charge is 0.337 e. The van der Waals surface area contributed by atoms with E-state index in [0.717, 1.165) is 12.1 Å². The molecule has 0 unspecified atom stereocenters. The first kappa shape index (κ1) is 10.1. The molecule has 0 saturated carbocycles. The first-order chi connectivity index (χ1) is 7.31. The quantitative estimate of drug-likeness (QED) is 0.776. The second-order valence-corrected chi connectivity index (χ2v) is 3.73. The normalized spacial score (nSPS) is 10.5. The minimum atomic E-state index is 0.683. The summed E-state index contributed by atoms with van der Waals surface area (Å²) in [6.07, 6.45) is 4.66. The number of nitrogens with one attached hydrogen (secondary N) is 1. The molecule has 0 aliphatic carbocycles. The molecule has 4 heteroatoms. The van der Waals surface area contributed by atoms with Crippen LogP contribution in [-0.2, 0) is 6.42 Å². The van der Waals surface area contributed by atoms with E-state index in [0.29, 0.717) is 11.3 Å². The molecule has 3 nitrogen and oxygen atoms in total. The minimum Gasteiger partial charge on any atom is -0.337 e. The van der Waals surface area contributed by atoms with Crippen LogP contribution in [0.15, 0.2) is 36.7 Å². The molecule has 0 radical (unpaired) electrons. The Hall–Kier alpha value is -1.39. The van der Waals surface area contributed by atoms with Crippen LogP contribution in [0.2, 0.25) is 0 Å². The van der Waals surface area contributed by atoms with Gasteiger partial charge in [0.15, 0.2) is 4.77 Å². The summed E-state index contributed by atoms with van der Waals surface area (Å²) in [5.41, 5.74) is 7.81. The van der Waals surface area contributed by atoms with E-state index in [-0.39, 0.29) is 0 Å². The molecule has 0 saturated heterocycles.